The Kier molecular flexibility index (Phi) is 4.48. The third-order valence-corrected chi connectivity index (χ3v) is 3.71. The fourth-order valence-corrected chi connectivity index (χ4v) is 2.62. The molecule has 1 aliphatic heterocycles. The fraction of sp³-hybridized carbons (Fsp3) is 0.353. The molecule has 1 saturated heterocycles. The highest BCUT2D eigenvalue weighted by Crippen LogP contribution is 2.18. The van der Waals surface area contributed by atoms with Gasteiger partial charge in [-0.1, -0.05) is 30.3 Å². The van der Waals surface area contributed by atoms with Crippen molar-refractivity contribution < 1.29 is 9.53 Å². The number of anilines is 1. The quantitative estimate of drug-likeness (QED) is 0.887. The first-order valence-electron chi connectivity index (χ1n) is 7.42. The number of amides is 1. The van der Waals surface area contributed by atoms with Gasteiger partial charge in [-0.3, -0.25) is 4.79 Å². The maximum Gasteiger partial charge on any atom is 0.238 e. The summed E-state index contributed by atoms with van der Waals surface area (Å²) in [7, 11) is 0. The third kappa shape index (κ3) is 3.80. The van der Waals surface area contributed by atoms with Gasteiger partial charge >= 0.3 is 0 Å². The van der Waals surface area contributed by atoms with E-state index in [1.54, 1.807) is 0 Å². The van der Waals surface area contributed by atoms with Gasteiger partial charge in [0, 0.05) is 18.8 Å². The van der Waals surface area contributed by atoms with Crippen LogP contribution in [0.15, 0.2) is 42.5 Å². The molecule has 2 N–H and O–H groups in total. The minimum atomic E-state index is -0.0247. The lowest BCUT2D eigenvalue weighted by Gasteiger charge is -2.11. The molecular formula is C17H20N2O2. The van der Waals surface area contributed by atoms with Crippen LogP contribution in [0.4, 0.5) is 5.69 Å². The second-order valence-electron chi connectivity index (χ2n) is 5.38. The van der Waals surface area contributed by atoms with Crippen LogP contribution in [0.1, 0.15) is 12.8 Å². The lowest BCUT2D eigenvalue weighted by Crippen LogP contribution is -2.33. The summed E-state index contributed by atoms with van der Waals surface area (Å²) in [6, 6.07) is 14.1. The molecule has 2 aromatic rings. The van der Waals surface area contributed by atoms with Gasteiger partial charge in [-0.2, -0.15) is 0 Å². The van der Waals surface area contributed by atoms with Gasteiger partial charge in [-0.05, 0) is 35.7 Å². The number of fused-ring (bicyclic) bond motifs is 1. The van der Waals surface area contributed by atoms with Crippen LogP contribution in [-0.2, 0) is 9.53 Å². The highest BCUT2D eigenvalue weighted by molar-refractivity contribution is 5.95. The molecule has 4 nitrogen and oxygen atoms in total. The van der Waals surface area contributed by atoms with Crippen molar-refractivity contribution in [2.75, 3.05) is 25.0 Å². The molecule has 110 valence electrons. The molecule has 21 heavy (non-hydrogen) atoms. The third-order valence-electron chi connectivity index (χ3n) is 3.71. The Morgan fingerprint density at radius 1 is 1.19 bits per heavy atom. The number of hydrogen-bond acceptors (Lipinski definition) is 3. The number of carbonyl (C=O) groups is 1. The number of benzene rings is 2. The van der Waals surface area contributed by atoms with Gasteiger partial charge in [0.1, 0.15) is 0 Å². The van der Waals surface area contributed by atoms with Crippen molar-refractivity contribution in [1.82, 2.24) is 5.32 Å². The molecule has 2 aromatic carbocycles. The standard InChI is InChI=1S/C17H20N2O2/c20-17(12-18-11-16-6-3-9-21-16)19-15-8-7-13-4-1-2-5-14(13)10-15/h1-2,4-5,7-8,10,16,18H,3,6,9,11-12H2,(H,19,20). The van der Waals surface area contributed by atoms with Gasteiger partial charge in [-0.15, -0.1) is 0 Å². The largest absolute Gasteiger partial charge is 0.377 e. The summed E-state index contributed by atoms with van der Waals surface area (Å²) in [5.41, 5.74) is 0.831. The first kappa shape index (κ1) is 14.0. The summed E-state index contributed by atoms with van der Waals surface area (Å²) in [6.45, 7) is 1.90. The Morgan fingerprint density at radius 3 is 2.86 bits per heavy atom. The van der Waals surface area contributed by atoms with E-state index >= 15 is 0 Å². The van der Waals surface area contributed by atoms with E-state index in [1.165, 1.54) is 5.39 Å². The van der Waals surface area contributed by atoms with Crippen LogP contribution in [0.25, 0.3) is 10.8 Å². The molecule has 0 radical (unpaired) electrons. The van der Waals surface area contributed by atoms with E-state index in [0.29, 0.717) is 6.54 Å². The first-order valence-corrected chi connectivity index (χ1v) is 7.42. The van der Waals surface area contributed by atoms with Crippen LogP contribution in [0.5, 0.6) is 0 Å². The van der Waals surface area contributed by atoms with E-state index in [-0.39, 0.29) is 12.0 Å². The molecule has 1 unspecified atom stereocenters. The summed E-state index contributed by atoms with van der Waals surface area (Å²) in [4.78, 5) is 11.9. The Balaban J connectivity index is 1.50. The highest BCUT2D eigenvalue weighted by atomic mass is 16.5. The molecule has 0 spiro atoms. The molecule has 4 heteroatoms. The molecule has 1 fully saturated rings. The van der Waals surface area contributed by atoms with Crippen LogP contribution in [0, 0.1) is 0 Å². The predicted octanol–water partition coefficient (Wildman–Crippen LogP) is 2.55. The summed E-state index contributed by atoms with van der Waals surface area (Å²) >= 11 is 0. The van der Waals surface area contributed by atoms with Gasteiger partial charge < -0.3 is 15.4 Å². The number of carbonyl (C=O) groups excluding carboxylic acids is 1. The molecule has 1 amide bonds. The SMILES string of the molecule is O=C(CNCC1CCCO1)Nc1ccc2ccccc2c1. The Hall–Kier alpha value is -1.91. The van der Waals surface area contributed by atoms with Crippen molar-refractivity contribution in [2.24, 2.45) is 0 Å². The van der Waals surface area contributed by atoms with Crippen molar-refractivity contribution in [3.63, 3.8) is 0 Å². The Labute approximate surface area is 124 Å². The molecule has 1 heterocycles. The second kappa shape index (κ2) is 6.70. The van der Waals surface area contributed by atoms with Crippen LogP contribution in [-0.4, -0.2) is 31.7 Å². The van der Waals surface area contributed by atoms with Gasteiger partial charge in [0.2, 0.25) is 5.91 Å². The average molecular weight is 284 g/mol. The van der Waals surface area contributed by atoms with Gasteiger partial charge in [0.05, 0.1) is 12.6 Å². The van der Waals surface area contributed by atoms with Gasteiger partial charge in [-0.25, -0.2) is 0 Å². The zero-order valence-corrected chi connectivity index (χ0v) is 12.0. The topological polar surface area (TPSA) is 50.4 Å². The maximum atomic E-state index is 11.9. The van der Waals surface area contributed by atoms with Crippen molar-refractivity contribution in [2.45, 2.75) is 18.9 Å². The van der Waals surface area contributed by atoms with Crippen molar-refractivity contribution >= 4 is 22.4 Å². The van der Waals surface area contributed by atoms with Crippen molar-refractivity contribution in [1.29, 1.82) is 0 Å². The van der Waals surface area contributed by atoms with E-state index in [4.69, 9.17) is 4.74 Å². The zero-order chi connectivity index (χ0) is 14.5. The lowest BCUT2D eigenvalue weighted by atomic mass is 10.1. The number of rotatable bonds is 5. The maximum absolute atomic E-state index is 11.9. The van der Waals surface area contributed by atoms with Gasteiger partial charge in [0.15, 0.2) is 0 Å². The summed E-state index contributed by atoms with van der Waals surface area (Å²) in [5, 5.41) is 8.37. The van der Waals surface area contributed by atoms with E-state index in [9.17, 15) is 4.79 Å². The molecule has 0 bridgehead atoms. The molecule has 0 aliphatic carbocycles. The zero-order valence-electron chi connectivity index (χ0n) is 12.0. The van der Waals surface area contributed by atoms with Crippen molar-refractivity contribution in [3.8, 4) is 0 Å². The fourth-order valence-electron chi connectivity index (χ4n) is 2.62. The van der Waals surface area contributed by atoms with E-state index in [1.807, 2.05) is 36.4 Å². The minimum absolute atomic E-state index is 0.0247. The normalized spacial score (nSPS) is 18.0. The van der Waals surface area contributed by atoms with Crippen LogP contribution in [0.2, 0.25) is 0 Å². The Bertz CT molecular complexity index is 621. The summed E-state index contributed by atoms with van der Waals surface area (Å²) in [5.74, 6) is -0.0247. The molecular weight excluding hydrogens is 264 g/mol. The van der Waals surface area contributed by atoms with E-state index in [2.05, 4.69) is 16.7 Å². The first-order chi connectivity index (χ1) is 10.3. The van der Waals surface area contributed by atoms with E-state index < -0.39 is 0 Å². The summed E-state index contributed by atoms with van der Waals surface area (Å²) < 4.78 is 5.51. The lowest BCUT2D eigenvalue weighted by molar-refractivity contribution is -0.115. The predicted molar refractivity (Wildman–Crippen MR) is 84.4 cm³/mol. The van der Waals surface area contributed by atoms with E-state index in [0.717, 1.165) is 37.1 Å². The molecule has 1 aliphatic rings. The smallest absolute Gasteiger partial charge is 0.238 e. The monoisotopic (exact) mass is 284 g/mol. The Morgan fingerprint density at radius 2 is 2.05 bits per heavy atom. The second-order valence-corrected chi connectivity index (χ2v) is 5.38. The average Bonchev–Trinajstić information content (AvgIpc) is 3.00. The number of ether oxygens (including phenoxy) is 1. The molecule has 0 saturated carbocycles. The number of hydrogen-bond donors (Lipinski definition) is 2. The van der Waals surface area contributed by atoms with Gasteiger partial charge in [0.25, 0.3) is 0 Å². The molecule has 0 aromatic heterocycles. The van der Waals surface area contributed by atoms with Crippen LogP contribution in [0.3, 0.4) is 0 Å². The highest BCUT2D eigenvalue weighted by Gasteiger charge is 2.15. The van der Waals surface area contributed by atoms with Crippen molar-refractivity contribution in [3.05, 3.63) is 42.5 Å². The number of nitrogens with one attached hydrogen (secondary N) is 2. The van der Waals surface area contributed by atoms with Crippen LogP contribution < -0.4 is 10.6 Å². The molecule has 1 atom stereocenters. The summed E-state index contributed by atoms with van der Waals surface area (Å²) in [6.07, 6.45) is 2.47. The minimum Gasteiger partial charge on any atom is -0.377 e. The van der Waals surface area contributed by atoms with Crippen LogP contribution >= 0.6 is 0 Å². The molecule has 3 rings (SSSR count).